The number of oxazole rings is 1. The number of hydrogen-bond donors (Lipinski definition) is 2. The van der Waals surface area contributed by atoms with Gasteiger partial charge in [-0.05, 0) is 28.8 Å². The van der Waals surface area contributed by atoms with Gasteiger partial charge in [-0.25, -0.2) is 4.79 Å². The topological polar surface area (TPSA) is 76.6 Å². The highest BCUT2D eigenvalue weighted by atomic mass is 16.5. The molecule has 0 spiro atoms. The molecule has 0 amide bonds. The van der Waals surface area contributed by atoms with Crippen molar-refractivity contribution >= 4 is 11.1 Å². The molecule has 3 aromatic carbocycles. The van der Waals surface area contributed by atoms with Crippen LogP contribution in [0.5, 0.6) is 0 Å². The summed E-state index contributed by atoms with van der Waals surface area (Å²) in [7, 11) is 1.69. The molecule has 0 radical (unpaired) electrons. The van der Waals surface area contributed by atoms with Crippen molar-refractivity contribution in [1.29, 1.82) is 0 Å². The van der Waals surface area contributed by atoms with Gasteiger partial charge in [-0.2, -0.15) is 0 Å². The Balaban J connectivity index is 1.27. The molecule has 6 nitrogen and oxygen atoms in total. The molecule has 2 N–H and O–H groups in total. The fourth-order valence-electron chi connectivity index (χ4n) is 4.72. The molecule has 1 aliphatic heterocycles. The van der Waals surface area contributed by atoms with Gasteiger partial charge in [0, 0.05) is 25.9 Å². The van der Waals surface area contributed by atoms with Crippen LogP contribution in [0, 0.1) is 0 Å². The highest BCUT2D eigenvalue weighted by Crippen LogP contribution is 2.34. The van der Waals surface area contributed by atoms with E-state index in [-0.39, 0.29) is 23.8 Å². The first kappa shape index (κ1) is 21.6. The van der Waals surface area contributed by atoms with E-state index in [2.05, 4.69) is 29.6 Å². The molecule has 0 aliphatic carbocycles. The maximum Gasteiger partial charge on any atom is 0.419 e. The van der Waals surface area contributed by atoms with Gasteiger partial charge in [-0.1, -0.05) is 66.7 Å². The molecular weight excluding hydrogens is 416 g/mol. The van der Waals surface area contributed by atoms with Gasteiger partial charge in [0.05, 0.1) is 30.4 Å². The van der Waals surface area contributed by atoms with Gasteiger partial charge >= 0.3 is 5.76 Å². The van der Waals surface area contributed by atoms with Crippen LogP contribution in [-0.4, -0.2) is 34.5 Å². The smallest absolute Gasteiger partial charge is 0.408 e. The number of hydrogen-bond acceptors (Lipinski definition) is 5. The number of nitrogens with one attached hydrogen (secondary N) is 1. The van der Waals surface area contributed by atoms with Crippen molar-refractivity contribution in [2.45, 2.75) is 37.1 Å². The first-order valence-electron chi connectivity index (χ1n) is 11.3. The number of aryl methyl sites for hydroxylation is 1. The van der Waals surface area contributed by atoms with Crippen molar-refractivity contribution in [2.75, 3.05) is 6.61 Å². The number of fused-ring (bicyclic) bond motifs is 1. The molecule has 0 saturated carbocycles. The molecule has 1 saturated heterocycles. The van der Waals surface area contributed by atoms with Crippen LogP contribution in [-0.2, 0) is 18.3 Å². The summed E-state index contributed by atoms with van der Waals surface area (Å²) in [5.74, 6) is -0.310. The number of aliphatic hydroxyl groups is 1. The molecule has 3 unspecified atom stereocenters. The zero-order valence-electron chi connectivity index (χ0n) is 18.6. The molecule has 1 fully saturated rings. The quantitative estimate of drug-likeness (QED) is 0.476. The Labute approximate surface area is 192 Å². The molecule has 6 heteroatoms. The van der Waals surface area contributed by atoms with Gasteiger partial charge in [0.15, 0.2) is 5.58 Å². The fraction of sp³-hybridized carbons (Fsp3) is 0.296. The lowest BCUT2D eigenvalue weighted by Gasteiger charge is -2.38. The van der Waals surface area contributed by atoms with Crippen molar-refractivity contribution in [1.82, 2.24) is 9.88 Å². The van der Waals surface area contributed by atoms with Crippen molar-refractivity contribution in [2.24, 2.45) is 7.05 Å². The van der Waals surface area contributed by atoms with Crippen molar-refractivity contribution < 1.29 is 14.3 Å². The lowest BCUT2D eigenvalue weighted by molar-refractivity contribution is -0.0718. The van der Waals surface area contributed by atoms with E-state index in [1.165, 1.54) is 15.7 Å². The van der Waals surface area contributed by atoms with E-state index >= 15 is 0 Å². The Hall–Kier alpha value is -3.19. The first-order valence-corrected chi connectivity index (χ1v) is 11.3. The van der Waals surface area contributed by atoms with E-state index in [1.54, 1.807) is 7.05 Å². The normalized spacial score (nSPS) is 21.0. The van der Waals surface area contributed by atoms with Crippen LogP contribution < -0.4 is 11.1 Å². The molecule has 2 heterocycles. The fourth-order valence-corrected chi connectivity index (χ4v) is 4.72. The molecule has 4 aromatic rings. The van der Waals surface area contributed by atoms with Crippen LogP contribution in [0.1, 0.15) is 29.0 Å². The molecule has 170 valence electrons. The van der Waals surface area contributed by atoms with Crippen LogP contribution in [0.4, 0.5) is 0 Å². The summed E-state index contributed by atoms with van der Waals surface area (Å²) in [6.07, 6.45) is -0.103. The highest BCUT2D eigenvalue weighted by Gasteiger charge is 2.35. The molecular formula is C27H28N2O4. The summed E-state index contributed by atoms with van der Waals surface area (Å²) in [6, 6.07) is 26.2. The minimum Gasteiger partial charge on any atom is -0.408 e. The van der Waals surface area contributed by atoms with Crippen LogP contribution in [0.25, 0.3) is 11.1 Å². The number of aliphatic hydroxyl groups excluding tert-OH is 1. The lowest BCUT2D eigenvalue weighted by atomic mass is 9.82. The van der Waals surface area contributed by atoms with Gasteiger partial charge in [0.1, 0.15) is 0 Å². The molecule has 3 atom stereocenters. The van der Waals surface area contributed by atoms with Crippen LogP contribution in [0.15, 0.2) is 88.1 Å². The average molecular weight is 445 g/mol. The van der Waals surface area contributed by atoms with Crippen LogP contribution in [0.2, 0.25) is 0 Å². The summed E-state index contributed by atoms with van der Waals surface area (Å²) in [5, 5.41) is 14.4. The van der Waals surface area contributed by atoms with E-state index in [9.17, 15) is 9.90 Å². The molecule has 1 aromatic heterocycles. The summed E-state index contributed by atoms with van der Waals surface area (Å²) >= 11 is 0. The van der Waals surface area contributed by atoms with E-state index in [0.717, 1.165) is 11.1 Å². The first-order chi connectivity index (χ1) is 16.1. The van der Waals surface area contributed by atoms with Gasteiger partial charge in [0.25, 0.3) is 0 Å². The maximum atomic E-state index is 11.7. The van der Waals surface area contributed by atoms with Crippen molar-refractivity contribution in [3.8, 4) is 0 Å². The highest BCUT2D eigenvalue weighted by molar-refractivity contribution is 5.73. The third-order valence-electron chi connectivity index (χ3n) is 6.54. The average Bonchev–Trinajstić information content (AvgIpc) is 3.13. The predicted octanol–water partition coefficient (Wildman–Crippen LogP) is 3.57. The molecule has 33 heavy (non-hydrogen) atoms. The minimum atomic E-state index is -0.530. The zero-order valence-corrected chi connectivity index (χ0v) is 18.6. The lowest BCUT2D eigenvalue weighted by Crippen LogP contribution is -2.50. The van der Waals surface area contributed by atoms with Gasteiger partial charge in [0.2, 0.25) is 0 Å². The Kier molecular flexibility index (Phi) is 6.13. The largest absolute Gasteiger partial charge is 0.419 e. The number of ether oxygens (including phenoxy) is 1. The summed E-state index contributed by atoms with van der Waals surface area (Å²) < 4.78 is 13.1. The number of rotatable bonds is 6. The Morgan fingerprint density at radius 2 is 1.70 bits per heavy atom. The van der Waals surface area contributed by atoms with E-state index in [4.69, 9.17) is 9.15 Å². The van der Waals surface area contributed by atoms with E-state index in [0.29, 0.717) is 25.2 Å². The van der Waals surface area contributed by atoms with E-state index < -0.39 is 6.10 Å². The standard InChI is InChI=1S/C27H28N2O4/c1-29-22-13-12-18(14-24(22)33-27(29)31)16-28-21-17-32-25(15-23(21)30)26(19-8-4-2-5-9-19)20-10-6-3-7-11-20/h2-14,21,23,25-26,28,30H,15-17H2,1H3. The summed E-state index contributed by atoms with van der Waals surface area (Å²) in [5.41, 5.74) is 4.68. The third-order valence-corrected chi connectivity index (χ3v) is 6.54. The van der Waals surface area contributed by atoms with Crippen LogP contribution >= 0.6 is 0 Å². The van der Waals surface area contributed by atoms with Crippen molar-refractivity contribution in [3.63, 3.8) is 0 Å². The number of aromatic nitrogens is 1. The SMILES string of the molecule is Cn1c(=O)oc2cc(CNC3COC(C(c4ccccc4)c4ccccc4)CC3O)ccc21. The second-order valence-corrected chi connectivity index (χ2v) is 8.69. The number of nitrogens with zero attached hydrogens (tertiary/aromatic N) is 1. The number of benzene rings is 3. The van der Waals surface area contributed by atoms with E-state index in [1.807, 2.05) is 54.6 Å². The van der Waals surface area contributed by atoms with Gasteiger partial charge in [-0.3, -0.25) is 4.57 Å². The summed E-state index contributed by atoms with van der Waals surface area (Å²) in [4.78, 5) is 11.7. The van der Waals surface area contributed by atoms with Gasteiger partial charge in [-0.15, -0.1) is 0 Å². The third kappa shape index (κ3) is 4.50. The van der Waals surface area contributed by atoms with Gasteiger partial charge < -0.3 is 19.6 Å². The second-order valence-electron chi connectivity index (χ2n) is 8.69. The summed E-state index contributed by atoms with van der Waals surface area (Å²) in [6.45, 7) is 0.968. The van der Waals surface area contributed by atoms with Crippen molar-refractivity contribution in [3.05, 3.63) is 106 Å². The Bertz CT molecular complexity index is 1230. The second kappa shape index (κ2) is 9.35. The minimum absolute atomic E-state index is 0.0615. The monoisotopic (exact) mass is 444 g/mol. The molecule has 0 bridgehead atoms. The molecule has 1 aliphatic rings. The Morgan fingerprint density at radius 1 is 1.03 bits per heavy atom. The van der Waals surface area contributed by atoms with Crippen LogP contribution in [0.3, 0.4) is 0 Å². The maximum absolute atomic E-state index is 11.7. The Morgan fingerprint density at radius 3 is 2.33 bits per heavy atom. The zero-order chi connectivity index (χ0) is 22.8. The molecule has 5 rings (SSSR count). The predicted molar refractivity (Wildman–Crippen MR) is 127 cm³/mol.